The molecule has 1 aromatic rings. The number of ether oxygens (including phenoxy) is 10. The molecule has 0 atom stereocenters. The van der Waals surface area contributed by atoms with Crippen molar-refractivity contribution in [3.8, 4) is 0 Å². The summed E-state index contributed by atoms with van der Waals surface area (Å²) in [6.07, 6.45) is 0. The Balaban J connectivity index is 1.75. The molecule has 18 heteroatoms. The number of esters is 1. The van der Waals surface area contributed by atoms with Crippen molar-refractivity contribution in [2.75, 3.05) is 137 Å². The van der Waals surface area contributed by atoms with Gasteiger partial charge < -0.3 is 52.7 Å². The smallest absolute Gasteiger partial charge is 0.302 e. The van der Waals surface area contributed by atoms with Gasteiger partial charge in [-0.25, -0.2) is 0 Å². The first-order chi connectivity index (χ1) is 22.4. The van der Waals surface area contributed by atoms with E-state index in [-0.39, 0.29) is 42.8 Å². The van der Waals surface area contributed by atoms with E-state index in [4.69, 9.17) is 47.4 Å². The van der Waals surface area contributed by atoms with Gasteiger partial charge in [0, 0.05) is 19.5 Å². The van der Waals surface area contributed by atoms with E-state index in [0.29, 0.717) is 112 Å². The van der Waals surface area contributed by atoms with Gasteiger partial charge in [-0.2, -0.15) is 0 Å². The third-order valence-electron chi connectivity index (χ3n) is 5.46. The topological polar surface area (TPSA) is 208 Å². The SMILES string of the molecule is CC(=O)OCCOCCOCCOCCOCCOCCOCCOCCOCCOCCNc1ccc([N+](=O)[O-])cc1[N+](=O)[O-]. The van der Waals surface area contributed by atoms with E-state index in [0.717, 1.165) is 6.07 Å². The van der Waals surface area contributed by atoms with Crippen LogP contribution in [0, 0.1) is 20.2 Å². The molecule has 1 rings (SSSR count). The standard InChI is InChI=1S/C28H47N3O15/c1-25(32)46-23-22-45-21-20-44-19-18-43-17-16-42-15-14-41-13-12-40-11-10-39-9-8-38-7-6-37-5-4-29-27-3-2-26(30(33)34)24-28(27)31(35)36/h2-3,24,29H,4-23H2,1H3. The molecule has 0 radical (unpaired) electrons. The first-order valence-electron chi connectivity index (χ1n) is 14.9. The van der Waals surface area contributed by atoms with Gasteiger partial charge in [0.05, 0.1) is 135 Å². The lowest BCUT2D eigenvalue weighted by atomic mass is 10.2. The fourth-order valence-corrected chi connectivity index (χ4v) is 3.30. The fourth-order valence-electron chi connectivity index (χ4n) is 3.30. The Morgan fingerprint density at radius 2 is 0.913 bits per heavy atom. The predicted molar refractivity (Wildman–Crippen MR) is 162 cm³/mol. The fraction of sp³-hybridized carbons (Fsp3) is 0.750. The summed E-state index contributed by atoms with van der Waals surface area (Å²) < 4.78 is 53.3. The number of rotatable bonds is 33. The maximum Gasteiger partial charge on any atom is 0.302 e. The van der Waals surface area contributed by atoms with Crippen LogP contribution in [0.5, 0.6) is 0 Å². The molecule has 0 unspecified atom stereocenters. The number of benzene rings is 1. The van der Waals surface area contributed by atoms with Crippen molar-refractivity contribution in [2.24, 2.45) is 0 Å². The summed E-state index contributed by atoms with van der Waals surface area (Å²) in [5, 5.41) is 24.8. The first-order valence-corrected chi connectivity index (χ1v) is 14.9. The summed E-state index contributed by atoms with van der Waals surface area (Å²) in [7, 11) is 0. The quantitative estimate of drug-likeness (QED) is 0.0490. The van der Waals surface area contributed by atoms with Gasteiger partial charge in [0.2, 0.25) is 0 Å². The Morgan fingerprint density at radius 1 is 0.565 bits per heavy atom. The van der Waals surface area contributed by atoms with Crippen LogP contribution in [-0.4, -0.2) is 148 Å². The molecule has 18 nitrogen and oxygen atoms in total. The molecular weight excluding hydrogens is 618 g/mol. The van der Waals surface area contributed by atoms with E-state index in [1.54, 1.807) is 0 Å². The van der Waals surface area contributed by atoms with Gasteiger partial charge in [0.25, 0.3) is 11.4 Å². The molecule has 1 N–H and O–H groups in total. The van der Waals surface area contributed by atoms with Crippen molar-refractivity contribution < 1.29 is 62.0 Å². The number of nitro groups is 2. The molecule has 0 spiro atoms. The molecule has 0 heterocycles. The van der Waals surface area contributed by atoms with E-state index in [9.17, 15) is 25.0 Å². The maximum atomic E-state index is 11.1. The second kappa shape index (κ2) is 29.3. The molecule has 0 bridgehead atoms. The summed E-state index contributed by atoms with van der Waals surface area (Å²) in [6.45, 7) is 9.41. The summed E-state index contributed by atoms with van der Waals surface area (Å²) in [6, 6.07) is 3.42. The Morgan fingerprint density at radius 3 is 1.24 bits per heavy atom. The number of anilines is 1. The maximum absolute atomic E-state index is 11.1. The third-order valence-corrected chi connectivity index (χ3v) is 5.46. The van der Waals surface area contributed by atoms with Gasteiger partial charge in [0.15, 0.2) is 0 Å². The number of nitrogens with zero attached hydrogens (tertiary/aromatic N) is 2. The van der Waals surface area contributed by atoms with Gasteiger partial charge in [0.1, 0.15) is 12.3 Å². The Kier molecular flexibility index (Phi) is 26.1. The molecule has 264 valence electrons. The molecule has 0 aliphatic rings. The van der Waals surface area contributed by atoms with Crippen LogP contribution in [0.4, 0.5) is 17.1 Å². The summed E-state index contributed by atoms with van der Waals surface area (Å²) >= 11 is 0. The highest BCUT2D eigenvalue weighted by Gasteiger charge is 2.19. The van der Waals surface area contributed by atoms with E-state index < -0.39 is 9.85 Å². The minimum atomic E-state index is -0.684. The van der Waals surface area contributed by atoms with Crippen LogP contribution in [-0.2, 0) is 52.2 Å². The van der Waals surface area contributed by atoms with E-state index >= 15 is 0 Å². The van der Waals surface area contributed by atoms with Crippen LogP contribution in [0.1, 0.15) is 6.92 Å². The number of nitrogens with one attached hydrogen (secondary N) is 1. The van der Waals surface area contributed by atoms with E-state index in [1.165, 1.54) is 19.1 Å². The van der Waals surface area contributed by atoms with Crippen molar-refractivity contribution in [3.05, 3.63) is 38.4 Å². The summed E-state index contributed by atoms with van der Waals surface area (Å²) in [5.74, 6) is -0.325. The molecule has 0 saturated heterocycles. The number of carbonyl (C=O) groups excluding carboxylic acids is 1. The number of nitro benzene ring substituents is 2. The summed E-state index contributed by atoms with van der Waals surface area (Å²) in [4.78, 5) is 31.1. The highest BCUT2D eigenvalue weighted by molar-refractivity contribution is 5.66. The van der Waals surface area contributed by atoms with Crippen LogP contribution < -0.4 is 5.32 Å². The zero-order valence-corrected chi connectivity index (χ0v) is 26.4. The predicted octanol–water partition coefficient (Wildman–Crippen LogP) is 1.63. The molecule has 0 fully saturated rings. The van der Waals surface area contributed by atoms with E-state index in [1.807, 2.05) is 0 Å². The van der Waals surface area contributed by atoms with Crippen LogP contribution in [0.15, 0.2) is 18.2 Å². The molecule has 0 aliphatic carbocycles. The highest BCUT2D eigenvalue weighted by atomic mass is 16.6. The van der Waals surface area contributed by atoms with Crippen molar-refractivity contribution >= 4 is 23.0 Å². The first kappa shape index (κ1) is 41.0. The Hall–Kier alpha value is -3.07. The largest absolute Gasteiger partial charge is 0.463 e. The minimum Gasteiger partial charge on any atom is -0.463 e. The van der Waals surface area contributed by atoms with Crippen molar-refractivity contribution in [3.63, 3.8) is 0 Å². The lowest BCUT2D eigenvalue weighted by Gasteiger charge is -2.09. The Labute approximate surface area is 268 Å². The van der Waals surface area contributed by atoms with Crippen LogP contribution in [0.3, 0.4) is 0 Å². The number of hydrogen-bond acceptors (Lipinski definition) is 16. The van der Waals surface area contributed by atoms with Gasteiger partial charge >= 0.3 is 5.97 Å². The molecule has 1 aromatic carbocycles. The summed E-state index contributed by atoms with van der Waals surface area (Å²) in [5.41, 5.74) is -0.535. The lowest BCUT2D eigenvalue weighted by Crippen LogP contribution is -2.16. The monoisotopic (exact) mass is 665 g/mol. The average Bonchev–Trinajstić information content (AvgIpc) is 3.03. The normalized spacial score (nSPS) is 11.1. The molecule has 0 aromatic heterocycles. The Bertz CT molecular complexity index is 941. The number of non-ortho nitro benzene ring substituents is 1. The molecule has 46 heavy (non-hydrogen) atoms. The average molecular weight is 666 g/mol. The van der Waals surface area contributed by atoms with Crippen molar-refractivity contribution in [1.82, 2.24) is 0 Å². The highest BCUT2D eigenvalue weighted by Crippen LogP contribution is 2.28. The van der Waals surface area contributed by atoms with Gasteiger partial charge in [-0.1, -0.05) is 0 Å². The number of carbonyl (C=O) groups is 1. The zero-order valence-electron chi connectivity index (χ0n) is 26.4. The molecular formula is C28H47N3O15. The van der Waals surface area contributed by atoms with Crippen molar-refractivity contribution in [2.45, 2.75) is 6.92 Å². The molecule has 0 aliphatic heterocycles. The van der Waals surface area contributed by atoms with Gasteiger partial charge in [-0.05, 0) is 6.07 Å². The van der Waals surface area contributed by atoms with Gasteiger partial charge in [-0.3, -0.25) is 25.0 Å². The lowest BCUT2D eigenvalue weighted by molar-refractivity contribution is -0.393. The third kappa shape index (κ3) is 24.2. The van der Waals surface area contributed by atoms with Gasteiger partial charge in [-0.15, -0.1) is 0 Å². The van der Waals surface area contributed by atoms with Crippen LogP contribution in [0.2, 0.25) is 0 Å². The second-order valence-corrected chi connectivity index (χ2v) is 8.99. The second-order valence-electron chi connectivity index (χ2n) is 8.99. The van der Waals surface area contributed by atoms with Crippen molar-refractivity contribution in [1.29, 1.82) is 0 Å². The van der Waals surface area contributed by atoms with Crippen LogP contribution >= 0.6 is 0 Å². The molecule has 0 amide bonds. The van der Waals surface area contributed by atoms with Crippen LogP contribution in [0.25, 0.3) is 0 Å². The zero-order chi connectivity index (χ0) is 33.5. The molecule has 0 saturated carbocycles. The minimum absolute atomic E-state index is 0.182. The number of hydrogen-bond donors (Lipinski definition) is 1. The van der Waals surface area contributed by atoms with E-state index in [2.05, 4.69) is 5.32 Å².